The Morgan fingerprint density at radius 3 is 2.39 bits per heavy atom. The van der Waals surface area contributed by atoms with E-state index in [1.165, 1.54) is 0 Å². The van der Waals surface area contributed by atoms with Gasteiger partial charge in [0.15, 0.2) is 0 Å². The first-order valence-electron chi connectivity index (χ1n) is 12.2. The minimum atomic E-state index is -0.131. The zero-order valence-corrected chi connectivity index (χ0v) is 24.3. The van der Waals surface area contributed by atoms with E-state index in [-0.39, 0.29) is 60.8 Å². The van der Waals surface area contributed by atoms with Crippen LogP contribution in [0.2, 0.25) is 0 Å². The second kappa shape index (κ2) is 15.6. The molecule has 4 rings (SSSR count). The van der Waals surface area contributed by atoms with E-state index < -0.39 is 0 Å². The summed E-state index contributed by atoms with van der Waals surface area (Å²) in [5, 5.41) is 13.0. The number of nitrogens with one attached hydrogen (secondary N) is 1. The number of para-hydroxylation sites is 1. The van der Waals surface area contributed by atoms with E-state index in [0.29, 0.717) is 23.2 Å². The standard InChI is InChI=1S/C28H34N4O3.3ClH/c1-20(2)26(19-31-14-15-32(21(3)18-31)23-8-7-9-24(33)16-23)30-28(34)22-12-13-27(29-17-22)35-25-10-5-4-6-11-25;;;/h4-13,16-17,20-21,26,33H,14-15,18-19H2,1-3H3,(H,30,34);3*1H/t21-,26+;;;/m0.../s1. The van der Waals surface area contributed by atoms with Crippen molar-refractivity contribution in [1.29, 1.82) is 0 Å². The number of carbonyl (C=O) groups is 1. The van der Waals surface area contributed by atoms with Crippen molar-refractivity contribution < 1.29 is 14.6 Å². The minimum absolute atomic E-state index is 0. The van der Waals surface area contributed by atoms with E-state index in [4.69, 9.17) is 4.74 Å². The number of halogens is 3. The molecule has 2 aromatic carbocycles. The average molecular weight is 584 g/mol. The first-order chi connectivity index (χ1) is 16.9. The average Bonchev–Trinajstić information content (AvgIpc) is 2.84. The van der Waals surface area contributed by atoms with Crippen LogP contribution in [0.4, 0.5) is 5.69 Å². The predicted molar refractivity (Wildman–Crippen MR) is 160 cm³/mol. The highest BCUT2D eigenvalue weighted by Crippen LogP contribution is 2.25. The minimum Gasteiger partial charge on any atom is -0.508 e. The maximum absolute atomic E-state index is 13.0. The van der Waals surface area contributed by atoms with Crippen LogP contribution in [0.5, 0.6) is 17.4 Å². The van der Waals surface area contributed by atoms with Crippen LogP contribution >= 0.6 is 37.2 Å². The summed E-state index contributed by atoms with van der Waals surface area (Å²) in [6.45, 7) is 9.90. The molecule has 10 heteroatoms. The smallest absolute Gasteiger partial charge is 0.253 e. The molecule has 2 N–H and O–H groups in total. The number of nitrogens with zero attached hydrogens (tertiary/aromatic N) is 3. The highest BCUT2D eigenvalue weighted by Gasteiger charge is 2.27. The number of benzene rings is 2. The molecule has 1 aromatic heterocycles. The second-order valence-corrected chi connectivity index (χ2v) is 9.45. The van der Waals surface area contributed by atoms with Crippen molar-refractivity contribution in [2.75, 3.05) is 31.1 Å². The van der Waals surface area contributed by atoms with Crippen molar-refractivity contribution in [2.45, 2.75) is 32.9 Å². The Balaban J connectivity index is 0.00000241. The molecule has 1 saturated heterocycles. The third kappa shape index (κ3) is 8.95. The Morgan fingerprint density at radius 1 is 1.05 bits per heavy atom. The highest BCUT2D eigenvalue weighted by molar-refractivity contribution is 5.94. The fraction of sp³-hybridized carbons (Fsp3) is 0.357. The SMILES string of the molecule is CC(C)[C@@H](CN1CCN(c2cccc(O)c2)[C@@H](C)C1)NC(=O)c1ccc(Oc2ccccc2)nc1.Cl.Cl.Cl. The van der Waals surface area contributed by atoms with E-state index in [1.54, 1.807) is 24.4 Å². The molecule has 208 valence electrons. The molecule has 7 nitrogen and oxygen atoms in total. The van der Waals surface area contributed by atoms with Gasteiger partial charge in [0.25, 0.3) is 5.91 Å². The van der Waals surface area contributed by atoms with E-state index in [2.05, 4.69) is 40.9 Å². The second-order valence-electron chi connectivity index (χ2n) is 9.45. The van der Waals surface area contributed by atoms with Crippen LogP contribution in [0, 0.1) is 5.92 Å². The van der Waals surface area contributed by atoms with Crippen LogP contribution < -0.4 is 15.0 Å². The Labute approximate surface area is 243 Å². The zero-order valence-electron chi connectivity index (χ0n) is 21.8. The molecular formula is C28H37Cl3N4O3. The number of rotatable bonds is 8. The molecule has 2 atom stereocenters. The lowest BCUT2D eigenvalue weighted by molar-refractivity contribution is 0.0902. The number of piperazine rings is 1. The van der Waals surface area contributed by atoms with Gasteiger partial charge in [-0.05, 0) is 43.2 Å². The number of aromatic nitrogens is 1. The molecule has 1 amide bonds. The van der Waals surface area contributed by atoms with Crippen LogP contribution in [0.1, 0.15) is 31.1 Å². The number of anilines is 1. The topological polar surface area (TPSA) is 77.9 Å². The number of phenols is 1. The van der Waals surface area contributed by atoms with Crippen LogP contribution in [0.25, 0.3) is 0 Å². The third-order valence-electron chi connectivity index (χ3n) is 6.41. The van der Waals surface area contributed by atoms with Crippen molar-refractivity contribution in [1.82, 2.24) is 15.2 Å². The summed E-state index contributed by atoms with van der Waals surface area (Å²) in [6, 6.07) is 20.6. The summed E-state index contributed by atoms with van der Waals surface area (Å²) in [5.41, 5.74) is 1.55. The molecule has 0 aliphatic carbocycles. The van der Waals surface area contributed by atoms with Crippen molar-refractivity contribution in [3.05, 3.63) is 78.5 Å². The first kappa shape index (κ1) is 33.3. The quantitative estimate of drug-likeness (QED) is 0.349. The van der Waals surface area contributed by atoms with Gasteiger partial charge >= 0.3 is 0 Å². The van der Waals surface area contributed by atoms with Gasteiger partial charge in [0.2, 0.25) is 5.88 Å². The fourth-order valence-corrected chi connectivity index (χ4v) is 4.39. The summed E-state index contributed by atoms with van der Waals surface area (Å²) in [6.07, 6.45) is 1.56. The summed E-state index contributed by atoms with van der Waals surface area (Å²) in [5.74, 6) is 1.59. The number of pyridine rings is 1. The lowest BCUT2D eigenvalue weighted by atomic mass is 10.0. The van der Waals surface area contributed by atoms with E-state index in [0.717, 1.165) is 31.9 Å². The van der Waals surface area contributed by atoms with Gasteiger partial charge in [-0.1, -0.05) is 38.1 Å². The van der Waals surface area contributed by atoms with Gasteiger partial charge in [-0.2, -0.15) is 0 Å². The lowest BCUT2D eigenvalue weighted by Crippen LogP contribution is -2.56. The molecule has 1 fully saturated rings. The number of carbonyl (C=O) groups excluding carboxylic acids is 1. The van der Waals surface area contributed by atoms with E-state index in [9.17, 15) is 9.90 Å². The normalized spacial score (nSPS) is 15.9. The molecule has 38 heavy (non-hydrogen) atoms. The van der Waals surface area contributed by atoms with Crippen LogP contribution in [0.3, 0.4) is 0 Å². The number of hydrogen-bond acceptors (Lipinski definition) is 6. The molecule has 0 radical (unpaired) electrons. The Hall–Kier alpha value is -2.71. The maximum Gasteiger partial charge on any atom is 0.253 e. The molecule has 0 unspecified atom stereocenters. The summed E-state index contributed by atoms with van der Waals surface area (Å²) < 4.78 is 5.72. The van der Waals surface area contributed by atoms with Gasteiger partial charge in [-0.3, -0.25) is 9.69 Å². The zero-order chi connectivity index (χ0) is 24.8. The maximum atomic E-state index is 13.0. The number of ether oxygens (including phenoxy) is 1. The van der Waals surface area contributed by atoms with Gasteiger partial charge in [0, 0.05) is 62.3 Å². The molecule has 0 spiro atoms. The largest absolute Gasteiger partial charge is 0.508 e. The number of aromatic hydroxyl groups is 1. The lowest BCUT2D eigenvalue weighted by Gasteiger charge is -2.42. The molecular weight excluding hydrogens is 547 g/mol. The summed E-state index contributed by atoms with van der Waals surface area (Å²) >= 11 is 0. The molecule has 1 aliphatic rings. The number of hydrogen-bond donors (Lipinski definition) is 2. The van der Waals surface area contributed by atoms with Gasteiger partial charge in [-0.15, -0.1) is 37.2 Å². The van der Waals surface area contributed by atoms with Crippen molar-refractivity contribution in [3.63, 3.8) is 0 Å². The van der Waals surface area contributed by atoms with Crippen molar-refractivity contribution in [2.24, 2.45) is 5.92 Å². The van der Waals surface area contributed by atoms with E-state index >= 15 is 0 Å². The number of phenolic OH excluding ortho intramolecular Hbond substituents is 1. The van der Waals surface area contributed by atoms with Crippen LogP contribution in [-0.4, -0.2) is 59.2 Å². The molecule has 0 saturated carbocycles. The van der Waals surface area contributed by atoms with Crippen LogP contribution in [0.15, 0.2) is 72.9 Å². The van der Waals surface area contributed by atoms with Crippen molar-refractivity contribution >= 4 is 48.8 Å². The molecule has 3 aromatic rings. The van der Waals surface area contributed by atoms with Gasteiger partial charge in [-0.25, -0.2) is 4.98 Å². The highest BCUT2D eigenvalue weighted by atomic mass is 35.5. The Morgan fingerprint density at radius 2 is 1.79 bits per heavy atom. The third-order valence-corrected chi connectivity index (χ3v) is 6.41. The Kier molecular flexibility index (Phi) is 13.7. The van der Waals surface area contributed by atoms with Gasteiger partial charge in [0.05, 0.1) is 5.56 Å². The monoisotopic (exact) mass is 582 g/mol. The Bertz CT molecular complexity index is 1120. The van der Waals surface area contributed by atoms with Crippen molar-refractivity contribution in [3.8, 4) is 17.4 Å². The summed E-state index contributed by atoms with van der Waals surface area (Å²) in [7, 11) is 0. The predicted octanol–water partition coefficient (Wildman–Crippen LogP) is 5.81. The van der Waals surface area contributed by atoms with E-state index in [1.807, 2.05) is 48.5 Å². The van der Waals surface area contributed by atoms with Gasteiger partial charge in [0.1, 0.15) is 11.5 Å². The summed E-state index contributed by atoms with van der Waals surface area (Å²) in [4.78, 5) is 22.0. The molecule has 2 heterocycles. The molecule has 0 bridgehead atoms. The first-order valence-corrected chi connectivity index (χ1v) is 12.2. The molecule has 1 aliphatic heterocycles. The fourth-order valence-electron chi connectivity index (χ4n) is 4.39. The van der Waals surface area contributed by atoms with Crippen LogP contribution in [-0.2, 0) is 0 Å². The number of amides is 1. The van der Waals surface area contributed by atoms with Gasteiger partial charge < -0.3 is 20.1 Å².